The zero-order valence-corrected chi connectivity index (χ0v) is 44.7. The van der Waals surface area contributed by atoms with Crippen LogP contribution in [-0.4, -0.2) is 86.3 Å². The smallest absolute Gasteiger partial charge is 0.392 e. The molecule has 42 heteroatoms. The Morgan fingerprint density at radius 2 is 0.261 bits per heavy atom. The normalized spacial score (nSPS) is 13.2. The van der Waals surface area contributed by atoms with Gasteiger partial charge in [0.1, 0.15) is 69.8 Å². The molecule has 6 nitrogen and oxygen atoms in total. The van der Waals surface area contributed by atoms with Gasteiger partial charge in [0, 0.05) is 0 Å². The lowest BCUT2D eigenvalue weighted by atomic mass is 9.28. The zero-order valence-electron chi connectivity index (χ0n) is 41.7. The molecule has 0 atom stereocenters. The molecule has 6 aromatic carbocycles. The molecule has 0 spiro atoms. The summed E-state index contributed by atoms with van der Waals surface area (Å²) in [5.41, 5.74) is -17.8. The summed E-state index contributed by atoms with van der Waals surface area (Å²) in [6.07, 6.45) is -12.3. The first-order valence-corrected chi connectivity index (χ1v) is 24.5. The summed E-state index contributed by atoms with van der Waals surface area (Å²) in [6.45, 7) is 6.22. The standard InChI is InChI=1S/2C18H2BF15O.2C4H8O2.2CH2Cl2/c2*20-4-1(5(21)11(27)16(32)10(4)26)19(35,2-6(22)12(28)17(33)13(29)7(2)23)3-8(24)14(30)18(34)15(31)9(3)25;2*1-2-6-4-3-5-1;2*2-1-3/h2*35H2;2*1-4H2;2*1H2. The van der Waals surface area contributed by atoms with E-state index in [0.29, 0.717) is 0 Å². The molecular weight excluding hydrogens is 1380 g/mol. The van der Waals surface area contributed by atoms with Gasteiger partial charge < -0.3 is 29.0 Å². The Labute approximate surface area is 489 Å². The molecular formula is C46H24B2Cl4F30O6. The molecule has 0 aromatic heterocycles. The zero-order chi connectivity index (χ0) is 67.7. The monoisotopic (exact) mass is 1400 g/mol. The van der Waals surface area contributed by atoms with Gasteiger partial charge >= 0.3 is 12.7 Å². The summed E-state index contributed by atoms with van der Waals surface area (Å²) in [5, 5.41) is 16.5. The van der Waals surface area contributed by atoms with Crippen molar-refractivity contribution in [2.75, 3.05) is 63.5 Å². The number of hydrogen-bond donors (Lipinski definition) is 0. The van der Waals surface area contributed by atoms with Gasteiger partial charge in [-0.2, -0.15) is 0 Å². The molecule has 2 fully saturated rings. The van der Waals surface area contributed by atoms with Crippen LogP contribution in [0.5, 0.6) is 0 Å². The molecule has 0 radical (unpaired) electrons. The van der Waals surface area contributed by atoms with Crippen molar-refractivity contribution in [1.29, 1.82) is 0 Å². The summed E-state index contributed by atoms with van der Waals surface area (Å²) in [4.78, 5) is 0. The minimum atomic E-state index is -6.16. The highest BCUT2D eigenvalue weighted by Crippen LogP contribution is 2.30. The van der Waals surface area contributed by atoms with Crippen molar-refractivity contribution in [2.24, 2.45) is 0 Å². The van der Waals surface area contributed by atoms with E-state index in [1.807, 2.05) is 0 Å². The lowest BCUT2D eigenvalue weighted by molar-refractivity contribution is -0.0334. The third-order valence-corrected chi connectivity index (χ3v) is 11.5. The van der Waals surface area contributed by atoms with Gasteiger partial charge in [0.2, 0.25) is 0 Å². The molecule has 0 unspecified atom stereocenters. The summed E-state index contributed by atoms with van der Waals surface area (Å²) in [7, 11) is 0. The van der Waals surface area contributed by atoms with Gasteiger partial charge in [-0.05, 0) is 32.8 Å². The summed E-state index contributed by atoms with van der Waals surface area (Å²) in [6, 6.07) is 0. The maximum absolute atomic E-state index is 14.5. The van der Waals surface area contributed by atoms with Crippen LogP contribution < -0.4 is 32.8 Å². The van der Waals surface area contributed by atoms with Crippen molar-refractivity contribution < 1.29 is 161 Å². The predicted octanol–water partition coefficient (Wildman–Crippen LogP) is 9.84. The van der Waals surface area contributed by atoms with E-state index in [4.69, 9.17) is 75.4 Å². The number of benzene rings is 6. The minimum absolute atomic E-state index is 0.194. The number of rotatable bonds is 6. The number of hydrogen-bond acceptors (Lipinski definition) is 4. The van der Waals surface area contributed by atoms with Gasteiger partial charge in [-0.25, -0.2) is 132 Å². The lowest BCUT2D eigenvalue weighted by Crippen LogP contribution is -2.73. The Morgan fingerprint density at radius 1 is 0.193 bits per heavy atom. The van der Waals surface area contributed by atoms with E-state index in [1.54, 1.807) is 0 Å². The molecule has 88 heavy (non-hydrogen) atoms. The van der Waals surface area contributed by atoms with Gasteiger partial charge in [0.15, 0.2) is 105 Å². The van der Waals surface area contributed by atoms with Gasteiger partial charge in [0.05, 0.1) is 63.5 Å². The average Bonchev–Trinajstić information content (AvgIpc) is 0.745. The van der Waals surface area contributed by atoms with Crippen LogP contribution >= 0.6 is 46.4 Å². The molecule has 6 aromatic rings. The van der Waals surface area contributed by atoms with Crippen molar-refractivity contribution in [1.82, 2.24) is 0 Å². The first-order valence-electron chi connectivity index (χ1n) is 22.4. The van der Waals surface area contributed by atoms with Crippen LogP contribution in [-0.2, 0) is 18.9 Å². The third-order valence-electron chi connectivity index (χ3n) is 11.5. The van der Waals surface area contributed by atoms with Crippen LogP contribution in [0.4, 0.5) is 132 Å². The Morgan fingerprint density at radius 3 is 0.330 bits per heavy atom. The molecule has 0 saturated carbocycles. The van der Waals surface area contributed by atoms with E-state index in [2.05, 4.69) is 0 Å². The van der Waals surface area contributed by atoms with E-state index in [-0.39, 0.29) is 10.7 Å². The number of ether oxygens (including phenoxy) is 4. The van der Waals surface area contributed by atoms with Crippen LogP contribution in [0.2, 0.25) is 0 Å². The highest BCUT2D eigenvalue weighted by Gasteiger charge is 2.56. The molecule has 2 aliphatic rings. The van der Waals surface area contributed by atoms with Crippen molar-refractivity contribution in [3.63, 3.8) is 0 Å². The van der Waals surface area contributed by atoms with Crippen LogP contribution in [0.3, 0.4) is 0 Å². The van der Waals surface area contributed by atoms with Gasteiger partial charge in [-0.3, -0.25) is 0 Å². The molecule has 4 N–H and O–H groups in total. The first kappa shape index (κ1) is 76.5. The van der Waals surface area contributed by atoms with Crippen molar-refractivity contribution in [2.45, 2.75) is 0 Å². The SMILES string of the molecule is C1COCCO1.C1COCCO1.ClCCl.ClCCl.[OH2+][B-](c1c(F)c(F)c(F)c(F)c1F)(c1c(F)c(F)c(F)c(F)c1F)c1c(F)c(F)c(F)c(F)c1F.[OH2+][B-](c1c(F)c(F)c(F)c(F)c1F)(c1c(F)c(F)c(F)c(F)c1F)c1c(F)c(F)c(F)c(F)c1F. The van der Waals surface area contributed by atoms with Crippen molar-refractivity contribution in [3.8, 4) is 0 Å². The van der Waals surface area contributed by atoms with Gasteiger partial charge in [-0.1, -0.05) is 0 Å². The Bertz CT molecular complexity index is 2810. The maximum Gasteiger partial charge on any atom is 0.392 e. The molecule has 2 saturated heterocycles. The van der Waals surface area contributed by atoms with Crippen molar-refractivity contribution >= 4 is 91.9 Å². The van der Waals surface area contributed by atoms with E-state index < -0.39 is 220 Å². The summed E-state index contributed by atoms with van der Waals surface area (Å²) in [5.74, 6) is -94.3. The second kappa shape index (κ2) is 31.8. The van der Waals surface area contributed by atoms with E-state index in [0.717, 1.165) is 52.9 Å². The number of alkyl halides is 4. The largest absolute Gasteiger partial charge is 0.681 e. The van der Waals surface area contributed by atoms with Gasteiger partial charge in [0.25, 0.3) is 0 Å². The van der Waals surface area contributed by atoms with Crippen LogP contribution in [0.1, 0.15) is 0 Å². The van der Waals surface area contributed by atoms with Crippen LogP contribution in [0, 0.1) is 175 Å². The topological polar surface area (TPSA) is 82.7 Å². The fourth-order valence-electron chi connectivity index (χ4n) is 7.76. The van der Waals surface area contributed by atoms with Crippen LogP contribution in [0.15, 0.2) is 0 Å². The molecule has 0 bridgehead atoms. The van der Waals surface area contributed by atoms with E-state index in [1.165, 1.54) is 0 Å². The molecule has 488 valence electrons. The van der Waals surface area contributed by atoms with E-state index >= 15 is 0 Å². The lowest BCUT2D eigenvalue weighted by Gasteiger charge is -2.33. The second-order valence-electron chi connectivity index (χ2n) is 16.3. The first-order chi connectivity index (χ1) is 40.9. The third kappa shape index (κ3) is 14.5. The quantitative estimate of drug-likeness (QED) is 0.0416. The van der Waals surface area contributed by atoms with Gasteiger partial charge in [-0.15, -0.1) is 46.4 Å². The Hall–Kier alpha value is -5.73. The molecule has 2 heterocycles. The summed E-state index contributed by atoms with van der Waals surface area (Å²) >= 11 is 19.1. The molecule has 0 amide bonds. The second-order valence-corrected chi connectivity index (χ2v) is 17.9. The van der Waals surface area contributed by atoms with Crippen molar-refractivity contribution in [3.05, 3.63) is 175 Å². The minimum Gasteiger partial charge on any atom is -0.681 e. The average molecular weight is 1410 g/mol. The fourth-order valence-corrected chi connectivity index (χ4v) is 7.76. The van der Waals surface area contributed by atoms with E-state index in [9.17, 15) is 132 Å². The molecule has 8 rings (SSSR count). The Kier molecular flexibility index (Phi) is 27.7. The highest BCUT2D eigenvalue weighted by atomic mass is 35.5. The number of halogens is 34. The highest BCUT2D eigenvalue weighted by molar-refractivity contribution is 7.07. The van der Waals surface area contributed by atoms with Crippen LogP contribution in [0.25, 0.3) is 0 Å². The summed E-state index contributed by atoms with van der Waals surface area (Å²) < 4.78 is 440. The Balaban J connectivity index is 0.000000358. The fraction of sp³-hybridized carbons (Fsp3) is 0.217. The molecule has 0 aliphatic carbocycles. The maximum atomic E-state index is 14.5. The molecule has 2 aliphatic heterocycles. The predicted molar refractivity (Wildman–Crippen MR) is 250 cm³/mol.